The monoisotopic (exact) mass is 438 g/mol. The molecular formula is C28H42O2Si. The van der Waals surface area contributed by atoms with Crippen LogP contribution in [0.1, 0.15) is 90.4 Å². The predicted molar refractivity (Wildman–Crippen MR) is 134 cm³/mol. The SMILES string of the molecule is CCCCCCCCCCCO[Si](OC1CCCC1)(c1ccccc1)c1ccccc1. The van der Waals surface area contributed by atoms with Crippen molar-refractivity contribution in [2.45, 2.75) is 96.5 Å². The Morgan fingerprint density at radius 2 is 1.16 bits per heavy atom. The highest BCUT2D eigenvalue weighted by atomic mass is 28.4. The van der Waals surface area contributed by atoms with Crippen LogP contribution in [0.15, 0.2) is 60.7 Å². The molecule has 1 fully saturated rings. The molecule has 1 aliphatic carbocycles. The standard InChI is InChI=1S/C28H42O2Si/c1-2-3-4-5-6-7-8-9-18-25-29-31(27-21-12-10-13-22-27,28-23-14-11-15-24-28)30-26-19-16-17-20-26/h10-15,21-24,26H,2-9,16-20,25H2,1H3. The molecule has 0 atom stereocenters. The summed E-state index contributed by atoms with van der Waals surface area (Å²) in [5.41, 5.74) is 0. The first kappa shape index (κ1) is 24.2. The molecule has 0 aliphatic heterocycles. The lowest BCUT2D eigenvalue weighted by molar-refractivity contribution is 0.133. The van der Waals surface area contributed by atoms with E-state index in [-0.39, 0.29) is 0 Å². The minimum atomic E-state index is -2.70. The van der Waals surface area contributed by atoms with Crippen LogP contribution in [0, 0.1) is 0 Å². The molecule has 0 N–H and O–H groups in total. The van der Waals surface area contributed by atoms with E-state index in [0.29, 0.717) is 6.10 Å². The third kappa shape index (κ3) is 7.59. The number of hydrogen-bond donors (Lipinski definition) is 0. The Labute approximate surface area is 191 Å². The number of hydrogen-bond acceptors (Lipinski definition) is 2. The van der Waals surface area contributed by atoms with Gasteiger partial charge in [-0.05, 0) is 29.6 Å². The maximum atomic E-state index is 6.97. The van der Waals surface area contributed by atoms with Gasteiger partial charge in [-0.3, -0.25) is 0 Å². The van der Waals surface area contributed by atoms with Crippen molar-refractivity contribution >= 4 is 18.9 Å². The maximum Gasteiger partial charge on any atom is 0.407 e. The summed E-state index contributed by atoms with van der Waals surface area (Å²) in [6.45, 7) is 3.07. The first-order chi connectivity index (χ1) is 15.3. The van der Waals surface area contributed by atoms with Crippen LogP contribution in [0.3, 0.4) is 0 Å². The first-order valence-electron chi connectivity index (χ1n) is 12.8. The van der Waals surface area contributed by atoms with E-state index in [2.05, 4.69) is 67.6 Å². The molecule has 1 saturated carbocycles. The fourth-order valence-electron chi connectivity index (χ4n) is 4.69. The zero-order chi connectivity index (χ0) is 21.6. The Bertz CT molecular complexity index is 658. The fraction of sp³-hybridized carbons (Fsp3) is 0.571. The van der Waals surface area contributed by atoms with Crippen molar-refractivity contribution in [3.63, 3.8) is 0 Å². The predicted octanol–water partition coefficient (Wildman–Crippen LogP) is 6.75. The first-order valence-corrected chi connectivity index (χ1v) is 14.6. The molecule has 3 heteroatoms. The van der Waals surface area contributed by atoms with Crippen molar-refractivity contribution in [3.05, 3.63) is 60.7 Å². The molecule has 3 rings (SSSR count). The topological polar surface area (TPSA) is 18.5 Å². The summed E-state index contributed by atoms with van der Waals surface area (Å²) in [4.78, 5) is 0. The molecule has 0 aromatic heterocycles. The maximum absolute atomic E-state index is 6.97. The minimum absolute atomic E-state index is 0.329. The van der Waals surface area contributed by atoms with Crippen molar-refractivity contribution in [2.75, 3.05) is 6.61 Å². The summed E-state index contributed by atoms with van der Waals surface area (Å²) in [5.74, 6) is 0. The second-order valence-corrected chi connectivity index (χ2v) is 12.0. The minimum Gasteiger partial charge on any atom is -0.388 e. The van der Waals surface area contributed by atoms with Crippen molar-refractivity contribution in [3.8, 4) is 0 Å². The molecule has 0 radical (unpaired) electrons. The molecule has 2 aromatic carbocycles. The highest BCUT2D eigenvalue weighted by molar-refractivity contribution is 6.92. The van der Waals surface area contributed by atoms with Gasteiger partial charge in [0.05, 0.1) is 0 Å². The molecule has 1 aliphatic rings. The second-order valence-electron chi connectivity index (χ2n) is 9.05. The zero-order valence-corrected chi connectivity index (χ0v) is 20.6. The largest absolute Gasteiger partial charge is 0.407 e. The molecule has 2 nitrogen and oxygen atoms in total. The average molecular weight is 439 g/mol. The molecule has 0 unspecified atom stereocenters. The van der Waals surface area contributed by atoms with Gasteiger partial charge in [0.15, 0.2) is 0 Å². The molecule has 0 saturated heterocycles. The zero-order valence-electron chi connectivity index (χ0n) is 19.6. The van der Waals surface area contributed by atoms with Crippen LogP contribution in [0.25, 0.3) is 0 Å². The lowest BCUT2D eigenvalue weighted by atomic mass is 10.1. The Kier molecular flexibility index (Phi) is 10.8. The van der Waals surface area contributed by atoms with E-state index in [1.54, 1.807) is 0 Å². The van der Waals surface area contributed by atoms with Gasteiger partial charge in [-0.25, -0.2) is 0 Å². The highest BCUT2D eigenvalue weighted by Gasteiger charge is 2.45. The van der Waals surface area contributed by atoms with Gasteiger partial charge in [0, 0.05) is 12.7 Å². The molecule has 0 heterocycles. The van der Waals surface area contributed by atoms with Gasteiger partial charge in [0.2, 0.25) is 0 Å². The summed E-state index contributed by atoms with van der Waals surface area (Å²) in [7, 11) is -2.70. The number of unbranched alkanes of at least 4 members (excludes halogenated alkanes) is 8. The summed E-state index contributed by atoms with van der Waals surface area (Å²) < 4.78 is 13.8. The van der Waals surface area contributed by atoms with Crippen LogP contribution in [0.2, 0.25) is 0 Å². The van der Waals surface area contributed by atoms with Gasteiger partial charge in [-0.1, -0.05) is 132 Å². The Morgan fingerprint density at radius 3 is 1.68 bits per heavy atom. The lowest BCUT2D eigenvalue weighted by Gasteiger charge is -2.34. The Morgan fingerprint density at radius 1 is 0.677 bits per heavy atom. The van der Waals surface area contributed by atoms with Crippen molar-refractivity contribution in [1.29, 1.82) is 0 Å². The van der Waals surface area contributed by atoms with Crippen molar-refractivity contribution in [1.82, 2.24) is 0 Å². The summed E-state index contributed by atoms with van der Waals surface area (Å²) in [5, 5.41) is 2.48. The van der Waals surface area contributed by atoms with Gasteiger partial charge in [-0.2, -0.15) is 0 Å². The molecule has 0 spiro atoms. The third-order valence-corrected chi connectivity index (χ3v) is 9.96. The van der Waals surface area contributed by atoms with Gasteiger partial charge in [-0.15, -0.1) is 0 Å². The van der Waals surface area contributed by atoms with Crippen LogP contribution in [-0.4, -0.2) is 21.3 Å². The van der Waals surface area contributed by atoms with E-state index in [1.165, 1.54) is 74.6 Å². The van der Waals surface area contributed by atoms with Gasteiger partial charge in [0.1, 0.15) is 0 Å². The lowest BCUT2D eigenvalue weighted by Crippen LogP contribution is -2.64. The quantitative estimate of drug-likeness (QED) is 0.226. The van der Waals surface area contributed by atoms with Gasteiger partial charge >= 0.3 is 8.56 Å². The van der Waals surface area contributed by atoms with E-state index in [4.69, 9.17) is 8.85 Å². The van der Waals surface area contributed by atoms with E-state index in [1.807, 2.05) is 0 Å². The van der Waals surface area contributed by atoms with Crippen LogP contribution >= 0.6 is 0 Å². The highest BCUT2D eigenvalue weighted by Crippen LogP contribution is 2.25. The third-order valence-electron chi connectivity index (χ3n) is 6.50. The molecule has 31 heavy (non-hydrogen) atoms. The summed E-state index contributed by atoms with van der Waals surface area (Å²) in [6, 6.07) is 21.5. The summed E-state index contributed by atoms with van der Waals surface area (Å²) >= 11 is 0. The normalized spacial score (nSPS) is 14.9. The van der Waals surface area contributed by atoms with E-state index < -0.39 is 8.56 Å². The molecule has 0 bridgehead atoms. The van der Waals surface area contributed by atoms with Crippen LogP contribution in [0.4, 0.5) is 0 Å². The Balaban J connectivity index is 1.62. The van der Waals surface area contributed by atoms with Crippen LogP contribution in [0.5, 0.6) is 0 Å². The summed E-state index contributed by atoms with van der Waals surface area (Å²) in [6.07, 6.45) is 17.2. The molecular weight excluding hydrogens is 396 g/mol. The molecule has 2 aromatic rings. The van der Waals surface area contributed by atoms with E-state index in [0.717, 1.165) is 25.9 Å². The number of rotatable bonds is 15. The van der Waals surface area contributed by atoms with E-state index in [9.17, 15) is 0 Å². The smallest absolute Gasteiger partial charge is 0.388 e. The second kappa shape index (κ2) is 13.9. The number of benzene rings is 2. The molecule has 170 valence electrons. The van der Waals surface area contributed by atoms with Gasteiger partial charge < -0.3 is 8.85 Å². The fourth-order valence-corrected chi connectivity index (χ4v) is 8.09. The van der Waals surface area contributed by atoms with Crippen LogP contribution < -0.4 is 10.4 Å². The molecule has 0 amide bonds. The van der Waals surface area contributed by atoms with E-state index >= 15 is 0 Å². The Hall–Kier alpha value is -1.42. The van der Waals surface area contributed by atoms with Crippen LogP contribution in [-0.2, 0) is 8.85 Å². The van der Waals surface area contributed by atoms with Crippen molar-refractivity contribution in [2.24, 2.45) is 0 Å². The average Bonchev–Trinajstić information content (AvgIpc) is 3.33. The van der Waals surface area contributed by atoms with Gasteiger partial charge in [0.25, 0.3) is 0 Å². The van der Waals surface area contributed by atoms with Crippen molar-refractivity contribution < 1.29 is 8.85 Å².